The van der Waals surface area contributed by atoms with Crippen molar-refractivity contribution in [3.05, 3.63) is 54.1 Å². The fourth-order valence-corrected chi connectivity index (χ4v) is 3.27. The van der Waals surface area contributed by atoms with Crippen LogP contribution in [0.1, 0.15) is 18.4 Å². The number of aryl methyl sites for hydroxylation is 1. The lowest BCUT2D eigenvalue weighted by molar-refractivity contribution is -0.132. The number of carbonyl (C=O) groups is 1. The number of β-amino-alcohol motifs (C(OH)–C–C–N with tert-alkyl or cyclic N) is 1. The minimum Gasteiger partial charge on any atom is -0.386 e. The molecule has 7 heteroatoms. The maximum Gasteiger partial charge on any atom is 0.225 e. The normalized spacial score (nSPS) is 19.6. The molecule has 2 aromatic rings. The van der Waals surface area contributed by atoms with Crippen molar-refractivity contribution in [3.63, 3.8) is 0 Å². The SMILES string of the molecule is CN(C[C@@]1(O)CCN(c2ncccn2)C1)C(=O)CCc1ccccc1F. The van der Waals surface area contributed by atoms with E-state index in [9.17, 15) is 14.3 Å². The number of aromatic nitrogens is 2. The Balaban J connectivity index is 1.53. The van der Waals surface area contributed by atoms with Crippen molar-refractivity contribution in [2.75, 3.05) is 31.6 Å². The average molecular weight is 358 g/mol. The van der Waals surface area contributed by atoms with E-state index < -0.39 is 5.60 Å². The molecule has 0 unspecified atom stereocenters. The Labute approximate surface area is 152 Å². The van der Waals surface area contributed by atoms with Gasteiger partial charge in [0.25, 0.3) is 0 Å². The number of likely N-dealkylation sites (N-methyl/N-ethyl adjacent to an activating group) is 1. The van der Waals surface area contributed by atoms with Crippen molar-refractivity contribution in [1.82, 2.24) is 14.9 Å². The number of anilines is 1. The van der Waals surface area contributed by atoms with E-state index in [2.05, 4.69) is 9.97 Å². The number of amides is 1. The topological polar surface area (TPSA) is 69.6 Å². The van der Waals surface area contributed by atoms with Gasteiger partial charge in [-0.25, -0.2) is 14.4 Å². The summed E-state index contributed by atoms with van der Waals surface area (Å²) >= 11 is 0. The summed E-state index contributed by atoms with van der Waals surface area (Å²) in [5.41, 5.74) is -0.469. The fourth-order valence-electron chi connectivity index (χ4n) is 3.27. The fraction of sp³-hybridized carbons (Fsp3) is 0.421. The van der Waals surface area contributed by atoms with Gasteiger partial charge in [-0.2, -0.15) is 0 Å². The minimum atomic E-state index is -0.998. The number of hydrogen-bond acceptors (Lipinski definition) is 5. The third kappa shape index (κ3) is 4.35. The molecule has 2 heterocycles. The molecule has 1 aliphatic rings. The van der Waals surface area contributed by atoms with Gasteiger partial charge in [-0.1, -0.05) is 18.2 Å². The minimum absolute atomic E-state index is 0.115. The molecule has 1 aromatic heterocycles. The summed E-state index contributed by atoms with van der Waals surface area (Å²) < 4.78 is 13.7. The van der Waals surface area contributed by atoms with Crippen molar-refractivity contribution >= 4 is 11.9 Å². The molecule has 0 radical (unpaired) electrons. The summed E-state index contributed by atoms with van der Waals surface area (Å²) in [5, 5.41) is 10.8. The number of rotatable bonds is 6. The van der Waals surface area contributed by atoms with Crippen molar-refractivity contribution < 1.29 is 14.3 Å². The Morgan fingerprint density at radius 3 is 2.77 bits per heavy atom. The predicted octanol–water partition coefficient (Wildman–Crippen LogP) is 1.65. The second-order valence-corrected chi connectivity index (χ2v) is 6.79. The van der Waals surface area contributed by atoms with Crippen LogP contribution in [0.2, 0.25) is 0 Å². The van der Waals surface area contributed by atoms with Crippen LogP contribution in [0, 0.1) is 5.82 Å². The summed E-state index contributed by atoms with van der Waals surface area (Å²) in [7, 11) is 1.67. The number of benzene rings is 1. The quantitative estimate of drug-likeness (QED) is 0.850. The lowest BCUT2D eigenvalue weighted by atomic mass is 10.0. The third-order valence-electron chi connectivity index (χ3n) is 4.69. The zero-order chi connectivity index (χ0) is 18.6. The van der Waals surface area contributed by atoms with Crippen LogP contribution in [0.15, 0.2) is 42.7 Å². The average Bonchev–Trinajstić information content (AvgIpc) is 3.03. The first-order chi connectivity index (χ1) is 12.5. The summed E-state index contributed by atoms with van der Waals surface area (Å²) in [6.07, 6.45) is 4.42. The lowest BCUT2D eigenvalue weighted by Gasteiger charge is -2.29. The van der Waals surface area contributed by atoms with E-state index >= 15 is 0 Å². The maximum absolute atomic E-state index is 13.7. The molecule has 0 aliphatic carbocycles. The molecular weight excluding hydrogens is 335 g/mol. The summed E-state index contributed by atoms with van der Waals surface area (Å²) in [4.78, 5) is 24.2. The van der Waals surface area contributed by atoms with Gasteiger partial charge in [0.1, 0.15) is 11.4 Å². The molecule has 1 saturated heterocycles. The first kappa shape index (κ1) is 18.3. The molecule has 0 bridgehead atoms. The number of aliphatic hydroxyl groups is 1. The van der Waals surface area contributed by atoms with Gasteiger partial charge in [0.05, 0.1) is 13.1 Å². The number of halogens is 1. The second kappa shape index (κ2) is 7.78. The molecule has 1 atom stereocenters. The van der Waals surface area contributed by atoms with E-state index in [0.717, 1.165) is 0 Å². The highest BCUT2D eigenvalue weighted by atomic mass is 19.1. The van der Waals surface area contributed by atoms with Gasteiger partial charge in [0.2, 0.25) is 11.9 Å². The van der Waals surface area contributed by atoms with Crippen LogP contribution in [0.25, 0.3) is 0 Å². The number of carbonyl (C=O) groups excluding carboxylic acids is 1. The zero-order valence-corrected chi connectivity index (χ0v) is 14.8. The first-order valence-corrected chi connectivity index (χ1v) is 8.69. The molecule has 0 saturated carbocycles. The molecule has 1 N–H and O–H groups in total. The van der Waals surface area contributed by atoms with Gasteiger partial charge in [-0.3, -0.25) is 4.79 Å². The third-order valence-corrected chi connectivity index (χ3v) is 4.69. The van der Waals surface area contributed by atoms with Gasteiger partial charge in [0, 0.05) is 32.4 Å². The van der Waals surface area contributed by atoms with Crippen molar-refractivity contribution in [1.29, 1.82) is 0 Å². The molecule has 0 spiro atoms. The van der Waals surface area contributed by atoms with Crippen molar-refractivity contribution in [3.8, 4) is 0 Å². The van der Waals surface area contributed by atoms with Crippen LogP contribution < -0.4 is 4.90 Å². The predicted molar refractivity (Wildman–Crippen MR) is 96.2 cm³/mol. The Hall–Kier alpha value is -2.54. The summed E-state index contributed by atoms with van der Waals surface area (Å²) in [5.74, 6) is 0.170. The molecule has 3 rings (SSSR count). The Kier molecular flexibility index (Phi) is 5.46. The highest BCUT2D eigenvalue weighted by Gasteiger charge is 2.38. The molecular formula is C19H23FN4O2. The van der Waals surface area contributed by atoms with Crippen LogP contribution in [-0.2, 0) is 11.2 Å². The number of hydrogen-bond donors (Lipinski definition) is 1. The smallest absolute Gasteiger partial charge is 0.225 e. The Morgan fingerprint density at radius 1 is 1.31 bits per heavy atom. The summed E-state index contributed by atoms with van der Waals surface area (Å²) in [6, 6.07) is 8.21. The van der Waals surface area contributed by atoms with Gasteiger partial charge in [-0.15, -0.1) is 0 Å². The standard InChI is InChI=1S/C19H23FN4O2/c1-23(17(25)8-7-15-5-2-3-6-16(15)20)13-19(26)9-12-24(14-19)18-21-10-4-11-22-18/h2-6,10-11,26H,7-9,12-14H2,1H3/t19-/m0/s1. The number of nitrogens with zero attached hydrogens (tertiary/aromatic N) is 4. The van der Waals surface area contributed by atoms with Gasteiger partial charge < -0.3 is 14.9 Å². The van der Waals surface area contributed by atoms with Gasteiger partial charge >= 0.3 is 0 Å². The van der Waals surface area contributed by atoms with Crippen LogP contribution in [-0.4, -0.2) is 58.2 Å². The summed E-state index contributed by atoms with van der Waals surface area (Å²) in [6.45, 7) is 1.24. The molecule has 1 fully saturated rings. The zero-order valence-electron chi connectivity index (χ0n) is 14.8. The Bertz CT molecular complexity index is 758. The molecule has 26 heavy (non-hydrogen) atoms. The van der Waals surface area contributed by atoms with Crippen LogP contribution in [0.4, 0.5) is 10.3 Å². The molecule has 1 amide bonds. The molecule has 1 aliphatic heterocycles. The van der Waals surface area contributed by atoms with Crippen molar-refractivity contribution in [2.45, 2.75) is 24.9 Å². The molecule has 6 nitrogen and oxygen atoms in total. The highest BCUT2D eigenvalue weighted by Crippen LogP contribution is 2.25. The van der Waals surface area contributed by atoms with E-state index in [1.165, 1.54) is 11.0 Å². The molecule has 1 aromatic carbocycles. The second-order valence-electron chi connectivity index (χ2n) is 6.79. The van der Waals surface area contributed by atoms with E-state index in [1.54, 1.807) is 43.7 Å². The van der Waals surface area contributed by atoms with E-state index in [0.29, 0.717) is 37.4 Å². The van der Waals surface area contributed by atoms with Crippen LogP contribution >= 0.6 is 0 Å². The highest BCUT2D eigenvalue weighted by molar-refractivity contribution is 5.76. The van der Waals surface area contributed by atoms with E-state index in [4.69, 9.17) is 0 Å². The van der Waals surface area contributed by atoms with Crippen molar-refractivity contribution in [2.24, 2.45) is 0 Å². The largest absolute Gasteiger partial charge is 0.386 e. The lowest BCUT2D eigenvalue weighted by Crippen LogP contribution is -2.46. The maximum atomic E-state index is 13.7. The van der Waals surface area contributed by atoms with Crippen LogP contribution in [0.5, 0.6) is 0 Å². The van der Waals surface area contributed by atoms with Crippen LogP contribution in [0.3, 0.4) is 0 Å². The van der Waals surface area contributed by atoms with Gasteiger partial charge in [-0.05, 0) is 30.5 Å². The van der Waals surface area contributed by atoms with Gasteiger partial charge in [0.15, 0.2) is 0 Å². The first-order valence-electron chi connectivity index (χ1n) is 8.69. The Morgan fingerprint density at radius 2 is 2.04 bits per heavy atom. The molecule has 138 valence electrons. The monoisotopic (exact) mass is 358 g/mol. The van der Waals surface area contributed by atoms with E-state index in [-0.39, 0.29) is 24.7 Å². The van der Waals surface area contributed by atoms with E-state index in [1.807, 2.05) is 4.90 Å².